The number of halogens is 1. The van der Waals surface area contributed by atoms with Crippen LogP contribution >= 0.6 is 27.3 Å². The van der Waals surface area contributed by atoms with Crippen molar-refractivity contribution in [2.45, 2.75) is 13.8 Å². The third-order valence-corrected chi connectivity index (χ3v) is 4.95. The van der Waals surface area contributed by atoms with E-state index in [-0.39, 0.29) is 5.91 Å². The van der Waals surface area contributed by atoms with Gasteiger partial charge in [-0.2, -0.15) is 0 Å². The van der Waals surface area contributed by atoms with Crippen molar-refractivity contribution in [1.29, 1.82) is 0 Å². The van der Waals surface area contributed by atoms with E-state index < -0.39 is 0 Å². The molecule has 3 nitrogen and oxygen atoms in total. The molecule has 0 radical (unpaired) electrons. The highest BCUT2D eigenvalue weighted by Gasteiger charge is 2.11. The Morgan fingerprint density at radius 1 is 1.13 bits per heavy atom. The van der Waals surface area contributed by atoms with Gasteiger partial charge < -0.3 is 0 Å². The first-order valence-electron chi connectivity index (χ1n) is 7.13. The summed E-state index contributed by atoms with van der Waals surface area (Å²) in [5, 5.41) is 3.46. The van der Waals surface area contributed by atoms with Gasteiger partial charge in [0.05, 0.1) is 4.88 Å². The number of nitrogens with one attached hydrogen (secondary N) is 1. The molecule has 0 unspecified atom stereocenters. The van der Waals surface area contributed by atoms with Gasteiger partial charge in [0, 0.05) is 16.2 Å². The largest absolute Gasteiger partial charge is 0.298 e. The van der Waals surface area contributed by atoms with Crippen molar-refractivity contribution in [3.8, 4) is 10.4 Å². The van der Waals surface area contributed by atoms with E-state index in [0.717, 1.165) is 14.9 Å². The minimum atomic E-state index is -0.154. The molecule has 2 aromatic carbocycles. The molecule has 1 N–H and O–H groups in total. The Labute approximate surface area is 147 Å². The summed E-state index contributed by atoms with van der Waals surface area (Å²) in [6, 6.07) is 13.6. The highest BCUT2D eigenvalue weighted by atomic mass is 79.9. The molecule has 3 rings (SSSR count). The fourth-order valence-electron chi connectivity index (χ4n) is 2.32. The third-order valence-electron chi connectivity index (χ3n) is 3.48. The lowest BCUT2D eigenvalue weighted by molar-refractivity contribution is 0.102. The minimum absolute atomic E-state index is 0.154. The lowest BCUT2D eigenvalue weighted by Gasteiger charge is -2.04. The average molecular weight is 387 g/mol. The molecule has 5 heteroatoms. The molecule has 0 spiro atoms. The van der Waals surface area contributed by atoms with Crippen LogP contribution in [0.1, 0.15) is 21.5 Å². The molecular weight excluding hydrogens is 372 g/mol. The van der Waals surface area contributed by atoms with Crippen molar-refractivity contribution in [1.82, 2.24) is 4.98 Å². The number of nitrogens with zero attached hydrogens (tertiary/aromatic N) is 1. The molecule has 0 bridgehead atoms. The maximum absolute atomic E-state index is 12.2. The van der Waals surface area contributed by atoms with Gasteiger partial charge in [-0.05, 0) is 49.2 Å². The van der Waals surface area contributed by atoms with Gasteiger partial charge in [0.25, 0.3) is 5.91 Å². The van der Waals surface area contributed by atoms with Crippen LogP contribution < -0.4 is 5.32 Å². The molecule has 1 aromatic heterocycles. The second-order valence-electron chi connectivity index (χ2n) is 5.31. The number of carbonyl (C=O) groups excluding carboxylic acids is 1. The molecule has 0 aliphatic rings. The number of amides is 1. The van der Waals surface area contributed by atoms with E-state index in [4.69, 9.17) is 0 Å². The summed E-state index contributed by atoms with van der Waals surface area (Å²) < 4.78 is 0.945. The van der Waals surface area contributed by atoms with E-state index in [1.165, 1.54) is 22.5 Å². The van der Waals surface area contributed by atoms with Crippen LogP contribution in [0.25, 0.3) is 10.4 Å². The fourth-order valence-corrected chi connectivity index (χ4v) is 3.48. The highest BCUT2D eigenvalue weighted by molar-refractivity contribution is 9.10. The minimum Gasteiger partial charge on any atom is -0.298 e. The summed E-state index contributed by atoms with van der Waals surface area (Å²) in [6.07, 6.45) is 1.81. The van der Waals surface area contributed by atoms with E-state index in [9.17, 15) is 4.79 Å². The van der Waals surface area contributed by atoms with E-state index in [2.05, 4.69) is 58.3 Å². The molecule has 116 valence electrons. The smallest absolute Gasteiger partial charge is 0.257 e. The molecule has 23 heavy (non-hydrogen) atoms. The van der Waals surface area contributed by atoms with Crippen molar-refractivity contribution < 1.29 is 4.79 Å². The van der Waals surface area contributed by atoms with Gasteiger partial charge in [-0.1, -0.05) is 51.0 Å². The number of rotatable bonds is 3. The van der Waals surface area contributed by atoms with Crippen molar-refractivity contribution in [3.05, 3.63) is 69.8 Å². The second kappa shape index (κ2) is 6.64. The number of thiazole rings is 1. The van der Waals surface area contributed by atoms with Crippen molar-refractivity contribution in [3.63, 3.8) is 0 Å². The first-order chi connectivity index (χ1) is 11.0. The normalized spacial score (nSPS) is 10.6. The number of aromatic nitrogens is 1. The Balaban J connectivity index is 1.79. The summed E-state index contributed by atoms with van der Waals surface area (Å²) in [7, 11) is 0. The SMILES string of the molecule is Cc1ccc(-c2cnc(NC(=O)c3ccc(Br)cc3)s2)c(C)c1. The summed E-state index contributed by atoms with van der Waals surface area (Å²) >= 11 is 4.84. The molecule has 0 saturated carbocycles. The van der Waals surface area contributed by atoms with Crippen LogP contribution in [0, 0.1) is 13.8 Å². The number of hydrogen-bond donors (Lipinski definition) is 1. The van der Waals surface area contributed by atoms with Gasteiger partial charge in [0.1, 0.15) is 0 Å². The van der Waals surface area contributed by atoms with Crippen LogP contribution in [-0.4, -0.2) is 10.9 Å². The highest BCUT2D eigenvalue weighted by Crippen LogP contribution is 2.31. The maximum atomic E-state index is 12.2. The molecular formula is C18H15BrN2OS. The topological polar surface area (TPSA) is 42.0 Å². The standard InChI is InChI=1S/C18H15BrN2OS/c1-11-3-8-15(12(2)9-11)16-10-20-18(23-16)21-17(22)13-4-6-14(19)7-5-13/h3-10H,1-2H3,(H,20,21,22). The number of anilines is 1. The number of carbonyl (C=O) groups is 1. The van der Waals surface area contributed by atoms with Crippen LogP contribution in [-0.2, 0) is 0 Å². The van der Waals surface area contributed by atoms with Crippen LogP contribution in [0.2, 0.25) is 0 Å². The van der Waals surface area contributed by atoms with Crippen molar-refractivity contribution in [2.24, 2.45) is 0 Å². The summed E-state index contributed by atoms with van der Waals surface area (Å²) in [4.78, 5) is 17.6. The monoisotopic (exact) mass is 386 g/mol. The molecule has 0 aliphatic carbocycles. The lowest BCUT2D eigenvalue weighted by Crippen LogP contribution is -2.11. The van der Waals surface area contributed by atoms with Crippen LogP contribution in [0.3, 0.4) is 0 Å². The van der Waals surface area contributed by atoms with Crippen molar-refractivity contribution in [2.75, 3.05) is 5.32 Å². The van der Waals surface area contributed by atoms with E-state index in [0.29, 0.717) is 10.7 Å². The Bertz CT molecular complexity index is 856. The van der Waals surface area contributed by atoms with Gasteiger partial charge >= 0.3 is 0 Å². The summed E-state index contributed by atoms with van der Waals surface area (Å²) in [5.74, 6) is -0.154. The predicted molar refractivity (Wildman–Crippen MR) is 99.1 cm³/mol. The first-order valence-corrected chi connectivity index (χ1v) is 8.74. The molecule has 0 saturated heterocycles. The molecule has 1 amide bonds. The van der Waals surface area contributed by atoms with Crippen LogP contribution in [0.4, 0.5) is 5.13 Å². The Kier molecular flexibility index (Phi) is 4.59. The molecule has 0 atom stereocenters. The van der Waals surface area contributed by atoms with E-state index in [1.54, 1.807) is 18.3 Å². The zero-order valence-electron chi connectivity index (χ0n) is 12.8. The molecule has 0 fully saturated rings. The van der Waals surface area contributed by atoms with Gasteiger partial charge in [-0.15, -0.1) is 0 Å². The quantitative estimate of drug-likeness (QED) is 0.650. The average Bonchev–Trinajstić information content (AvgIpc) is 2.96. The number of aryl methyl sites for hydroxylation is 2. The maximum Gasteiger partial charge on any atom is 0.257 e. The van der Waals surface area contributed by atoms with Gasteiger partial charge in [0.2, 0.25) is 0 Å². The molecule has 3 aromatic rings. The molecule has 0 aliphatic heterocycles. The van der Waals surface area contributed by atoms with Crippen molar-refractivity contribution >= 4 is 38.3 Å². The van der Waals surface area contributed by atoms with Gasteiger partial charge in [-0.25, -0.2) is 4.98 Å². The Hall–Kier alpha value is -1.98. The van der Waals surface area contributed by atoms with Gasteiger partial charge in [0.15, 0.2) is 5.13 Å². The van der Waals surface area contributed by atoms with E-state index in [1.807, 2.05) is 12.1 Å². The van der Waals surface area contributed by atoms with Crippen LogP contribution in [0.15, 0.2) is 53.1 Å². The number of hydrogen-bond acceptors (Lipinski definition) is 3. The fraction of sp³-hybridized carbons (Fsp3) is 0.111. The van der Waals surface area contributed by atoms with E-state index >= 15 is 0 Å². The second-order valence-corrected chi connectivity index (χ2v) is 7.26. The predicted octanol–water partition coefficient (Wildman–Crippen LogP) is 5.44. The molecule has 1 heterocycles. The van der Waals surface area contributed by atoms with Gasteiger partial charge in [-0.3, -0.25) is 10.1 Å². The zero-order chi connectivity index (χ0) is 16.4. The first kappa shape index (κ1) is 15.9. The lowest BCUT2D eigenvalue weighted by atomic mass is 10.1. The Morgan fingerprint density at radius 2 is 1.87 bits per heavy atom. The number of benzene rings is 2. The zero-order valence-corrected chi connectivity index (χ0v) is 15.2. The van der Waals surface area contributed by atoms with Crippen LogP contribution in [0.5, 0.6) is 0 Å². The third kappa shape index (κ3) is 3.68. The Morgan fingerprint density at radius 3 is 2.57 bits per heavy atom. The summed E-state index contributed by atoms with van der Waals surface area (Å²) in [5.41, 5.74) is 4.20. The summed E-state index contributed by atoms with van der Waals surface area (Å²) in [6.45, 7) is 4.16.